The number of hydrogen-bond acceptors (Lipinski definition) is 5. The van der Waals surface area contributed by atoms with Gasteiger partial charge in [-0.05, 0) is 37.5 Å². The molecule has 0 aromatic heterocycles. The van der Waals surface area contributed by atoms with Gasteiger partial charge in [0.05, 0.1) is 17.7 Å². The van der Waals surface area contributed by atoms with Crippen LogP contribution in [0.25, 0.3) is 0 Å². The van der Waals surface area contributed by atoms with Crippen molar-refractivity contribution >= 4 is 17.6 Å². The number of esters is 1. The zero-order chi connectivity index (χ0) is 20.1. The average Bonchev–Trinajstić information content (AvgIpc) is 3.16. The standard InChI is InChI=1S/C21H27FN2O4/c1-3-19(25)24-11-5-10-21(14-24,20(26)27-4-2)13-17-12-18(23-28-17)15-6-8-16(22)9-7-15/h6-9,17H,3-5,10-14H2,1-2H3/t17-,21+/m0/s1. The molecule has 0 unspecified atom stereocenters. The van der Waals surface area contributed by atoms with E-state index in [1.807, 2.05) is 6.92 Å². The van der Waals surface area contributed by atoms with Crippen molar-refractivity contribution in [3.8, 4) is 0 Å². The molecule has 7 heteroatoms. The van der Waals surface area contributed by atoms with Crippen molar-refractivity contribution < 1.29 is 23.6 Å². The monoisotopic (exact) mass is 390 g/mol. The third kappa shape index (κ3) is 4.34. The molecule has 3 rings (SSSR count). The SMILES string of the molecule is CCOC(=O)[C@@]1(C[C@@H]2CC(c3ccc(F)cc3)=NO2)CCCN(C(=O)CC)C1. The Bertz CT molecular complexity index is 749. The first-order valence-electron chi connectivity index (χ1n) is 9.91. The van der Waals surface area contributed by atoms with E-state index in [2.05, 4.69) is 5.16 Å². The number of ether oxygens (including phenoxy) is 1. The van der Waals surface area contributed by atoms with Crippen LogP contribution in [0.5, 0.6) is 0 Å². The minimum absolute atomic E-state index is 0.0453. The summed E-state index contributed by atoms with van der Waals surface area (Å²) in [5.41, 5.74) is 0.763. The number of amides is 1. The number of rotatable bonds is 6. The molecule has 0 saturated carbocycles. The van der Waals surface area contributed by atoms with Gasteiger partial charge >= 0.3 is 5.97 Å². The average molecular weight is 390 g/mol. The number of hydrogen-bond donors (Lipinski definition) is 0. The lowest BCUT2D eigenvalue weighted by atomic mass is 9.74. The normalized spacial score (nSPS) is 24.5. The number of nitrogens with zero attached hydrogens (tertiary/aromatic N) is 2. The van der Waals surface area contributed by atoms with Crippen LogP contribution in [0.15, 0.2) is 29.4 Å². The third-order valence-electron chi connectivity index (χ3n) is 5.47. The number of piperidine rings is 1. The van der Waals surface area contributed by atoms with Gasteiger partial charge < -0.3 is 14.5 Å². The van der Waals surface area contributed by atoms with Crippen LogP contribution in [0.3, 0.4) is 0 Å². The van der Waals surface area contributed by atoms with E-state index in [-0.39, 0.29) is 23.8 Å². The van der Waals surface area contributed by atoms with E-state index >= 15 is 0 Å². The van der Waals surface area contributed by atoms with Gasteiger partial charge in [0.25, 0.3) is 0 Å². The van der Waals surface area contributed by atoms with E-state index in [0.717, 1.165) is 17.7 Å². The molecule has 1 amide bonds. The highest BCUT2D eigenvalue weighted by atomic mass is 19.1. The van der Waals surface area contributed by atoms with Crippen LogP contribution in [-0.2, 0) is 19.2 Å². The third-order valence-corrected chi connectivity index (χ3v) is 5.47. The first-order chi connectivity index (χ1) is 13.5. The Morgan fingerprint density at radius 1 is 1.32 bits per heavy atom. The summed E-state index contributed by atoms with van der Waals surface area (Å²) in [5, 5.41) is 4.15. The highest BCUT2D eigenvalue weighted by Crippen LogP contribution is 2.39. The van der Waals surface area contributed by atoms with Crippen molar-refractivity contribution in [2.24, 2.45) is 10.6 Å². The molecule has 0 radical (unpaired) electrons. The Kier molecular flexibility index (Phi) is 6.31. The molecule has 2 heterocycles. The summed E-state index contributed by atoms with van der Waals surface area (Å²) >= 11 is 0. The molecule has 1 fully saturated rings. The number of carbonyl (C=O) groups is 2. The molecule has 2 atom stereocenters. The van der Waals surface area contributed by atoms with Gasteiger partial charge in [-0.3, -0.25) is 9.59 Å². The summed E-state index contributed by atoms with van der Waals surface area (Å²) in [6.45, 7) is 4.92. The fraction of sp³-hybridized carbons (Fsp3) is 0.571. The minimum atomic E-state index is -0.780. The van der Waals surface area contributed by atoms with Gasteiger partial charge in [0.1, 0.15) is 11.9 Å². The molecule has 0 aliphatic carbocycles. The van der Waals surface area contributed by atoms with Gasteiger partial charge in [-0.25, -0.2) is 4.39 Å². The maximum Gasteiger partial charge on any atom is 0.314 e. The molecule has 1 aromatic carbocycles. The van der Waals surface area contributed by atoms with E-state index in [1.54, 1.807) is 24.0 Å². The van der Waals surface area contributed by atoms with Crippen LogP contribution >= 0.6 is 0 Å². The van der Waals surface area contributed by atoms with E-state index in [9.17, 15) is 14.0 Å². The zero-order valence-corrected chi connectivity index (χ0v) is 16.4. The Hall–Kier alpha value is -2.44. The van der Waals surface area contributed by atoms with E-state index in [1.165, 1.54) is 12.1 Å². The van der Waals surface area contributed by atoms with Crippen LogP contribution < -0.4 is 0 Å². The molecule has 6 nitrogen and oxygen atoms in total. The Balaban J connectivity index is 1.73. The Morgan fingerprint density at radius 3 is 2.75 bits per heavy atom. The maximum atomic E-state index is 13.1. The second-order valence-electron chi connectivity index (χ2n) is 7.45. The second-order valence-corrected chi connectivity index (χ2v) is 7.45. The lowest BCUT2D eigenvalue weighted by Crippen LogP contribution is -2.51. The summed E-state index contributed by atoms with van der Waals surface area (Å²) in [7, 11) is 0. The molecule has 2 aliphatic rings. The molecule has 1 saturated heterocycles. The topological polar surface area (TPSA) is 68.2 Å². The highest BCUT2D eigenvalue weighted by Gasteiger charge is 2.47. The van der Waals surface area contributed by atoms with Crippen molar-refractivity contribution in [1.82, 2.24) is 4.90 Å². The number of oxime groups is 1. The molecule has 0 spiro atoms. The minimum Gasteiger partial charge on any atom is -0.466 e. The predicted octanol–water partition coefficient (Wildman–Crippen LogP) is 3.29. The molecule has 0 bridgehead atoms. The lowest BCUT2D eigenvalue weighted by Gasteiger charge is -2.41. The zero-order valence-electron chi connectivity index (χ0n) is 16.4. The summed E-state index contributed by atoms with van der Waals surface area (Å²) in [6, 6.07) is 6.12. The number of halogens is 1. The molecular formula is C21H27FN2O4. The Morgan fingerprint density at radius 2 is 2.07 bits per heavy atom. The van der Waals surface area contributed by atoms with Crippen LogP contribution in [0.1, 0.15) is 51.5 Å². The second kappa shape index (κ2) is 8.71. The lowest BCUT2D eigenvalue weighted by molar-refractivity contribution is -0.163. The maximum absolute atomic E-state index is 13.1. The van der Waals surface area contributed by atoms with Gasteiger partial charge in [0.15, 0.2) is 0 Å². The number of likely N-dealkylation sites (tertiary alicyclic amines) is 1. The van der Waals surface area contributed by atoms with Crippen LogP contribution in [0.4, 0.5) is 4.39 Å². The van der Waals surface area contributed by atoms with Crippen LogP contribution in [0.2, 0.25) is 0 Å². The number of benzene rings is 1. The smallest absolute Gasteiger partial charge is 0.314 e. The van der Waals surface area contributed by atoms with Crippen molar-refractivity contribution in [2.45, 2.75) is 52.1 Å². The van der Waals surface area contributed by atoms with Crippen molar-refractivity contribution in [2.75, 3.05) is 19.7 Å². The molecule has 0 N–H and O–H groups in total. The fourth-order valence-corrected chi connectivity index (χ4v) is 4.06. The van der Waals surface area contributed by atoms with Gasteiger partial charge in [-0.1, -0.05) is 24.2 Å². The molecule has 2 aliphatic heterocycles. The van der Waals surface area contributed by atoms with Gasteiger partial charge in [0, 0.05) is 32.4 Å². The molecular weight excluding hydrogens is 363 g/mol. The Labute approximate surface area is 164 Å². The van der Waals surface area contributed by atoms with Crippen molar-refractivity contribution in [1.29, 1.82) is 0 Å². The quantitative estimate of drug-likeness (QED) is 0.699. The van der Waals surface area contributed by atoms with Crippen LogP contribution in [0, 0.1) is 11.2 Å². The molecule has 28 heavy (non-hydrogen) atoms. The van der Waals surface area contributed by atoms with Crippen LogP contribution in [-0.4, -0.2) is 48.3 Å². The summed E-state index contributed by atoms with van der Waals surface area (Å²) in [5.74, 6) is -0.532. The first-order valence-corrected chi connectivity index (χ1v) is 9.91. The summed E-state index contributed by atoms with van der Waals surface area (Å²) < 4.78 is 18.5. The first kappa shape index (κ1) is 20.3. The fourth-order valence-electron chi connectivity index (χ4n) is 4.06. The summed E-state index contributed by atoms with van der Waals surface area (Å²) in [4.78, 5) is 32.5. The van der Waals surface area contributed by atoms with E-state index in [4.69, 9.17) is 9.57 Å². The van der Waals surface area contributed by atoms with Gasteiger partial charge in [-0.2, -0.15) is 0 Å². The molecule has 1 aromatic rings. The number of carbonyl (C=O) groups excluding carboxylic acids is 2. The van der Waals surface area contributed by atoms with Gasteiger partial charge in [0.2, 0.25) is 5.91 Å². The molecule has 152 valence electrons. The largest absolute Gasteiger partial charge is 0.466 e. The predicted molar refractivity (Wildman–Crippen MR) is 102 cm³/mol. The van der Waals surface area contributed by atoms with Crippen molar-refractivity contribution in [3.05, 3.63) is 35.6 Å². The summed E-state index contributed by atoms with van der Waals surface area (Å²) in [6.07, 6.45) is 2.52. The highest BCUT2D eigenvalue weighted by molar-refractivity contribution is 6.01. The van der Waals surface area contributed by atoms with E-state index in [0.29, 0.717) is 45.4 Å². The van der Waals surface area contributed by atoms with Gasteiger partial charge in [-0.15, -0.1) is 0 Å². The van der Waals surface area contributed by atoms with E-state index < -0.39 is 5.41 Å². The van der Waals surface area contributed by atoms with Crippen molar-refractivity contribution in [3.63, 3.8) is 0 Å².